The smallest absolute Gasteiger partial charge is 0.345 e. The fourth-order valence-electron chi connectivity index (χ4n) is 2.82. The van der Waals surface area contributed by atoms with Crippen LogP contribution >= 0.6 is 0 Å². The summed E-state index contributed by atoms with van der Waals surface area (Å²) in [6.07, 6.45) is 0.570. The van der Waals surface area contributed by atoms with Crippen LogP contribution in [-0.4, -0.2) is 30.2 Å². The molecule has 132 valence electrons. The van der Waals surface area contributed by atoms with Crippen LogP contribution in [0.3, 0.4) is 0 Å². The summed E-state index contributed by atoms with van der Waals surface area (Å²) in [7, 11) is 0. The molecular weight excluding hydrogens is 330 g/mol. The topological polar surface area (TPSA) is 74.4 Å². The van der Waals surface area contributed by atoms with Crippen molar-refractivity contribution in [3.63, 3.8) is 0 Å². The maximum Gasteiger partial charge on any atom is 0.345 e. The Labute approximate surface area is 143 Å². The summed E-state index contributed by atoms with van der Waals surface area (Å²) >= 11 is 0. The number of halogens is 2. The Balaban J connectivity index is 1.97. The van der Waals surface area contributed by atoms with Crippen LogP contribution in [-0.2, 0) is 11.2 Å². The Kier molecular flexibility index (Phi) is 4.94. The van der Waals surface area contributed by atoms with E-state index in [1.807, 2.05) is 31.2 Å². The van der Waals surface area contributed by atoms with Crippen molar-refractivity contribution >= 4 is 5.91 Å². The number of pyridine rings is 1. The number of hydrogen-bond acceptors (Lipinski definition) is 4. The van der Waals surface area contributed by atoms with Gasteiger partial charge in [-0.15, -0.1) is 0 Å². The second kappa shape index (κ2) is 7.14. The summed E-state index contributed by atoms with van der Waals surface area (Å²) in [6, 6.07) is 9.47. The predicted octanol–water partition coefficient (Wildman–Crippen LogP) is 3.09. The maximum absolute atomic E-state index is 12.2. The molecule has 0 unspecified atom stereocenters. The van der Waals surface area contributed by atoms with Crippen LogP contribution < -0.4 is 10.5 Å². The van der Waals surface area contributed by atoms with E-state index >= 15 is 0 Å². The highest BCUT2D eigenvalue weighted by atomic mass is 19.3. The second-order valence-electron chi connectivity index (χ2n) is 5.94. The minimum Gasteiger partial charge on any atom is -0.472 e. The van der Waals surface area contributed by atoms with Crippen molar-refractivity contribution in [2.24, 2.45) is 5.73 Å². The van der Waals surface area contributed by atoms with Crippen molar-refractivity contribution in [3.05, 3.63) is 47.2 Å². The van der Waals surface area contributed by atoms with Crippen LogP contribution in [0.15, 0.2) is 30.3 Å². The highest BCUT2D eigenvalue weighted by Crippen LogP contribution is 2.35. The fourth-order valence-corrected chi connectivity index (χ4v) is 2.82. The zero-order chi connectivity index (χ0) is 18.0. The number of benzene rings is 1. The number of hydrogen-bond donors (Lipinski definition) is 1. The average molecular weight is 348 g/mol. The Bertz CT molecular complexity index is 779. The molecule has 0 spiro atoms. The number of ether oxygens (including phenoxy) is 2. The summed E-state index contributed by atoms with van der Waals surface area (Å²) in [5.41, 5.74) is 9.12. The summed E-state index contributed by atoms with van der Waals surface area (Å²) in [6.45, 7) is -1.10. The molecular formula is C18H18F2N2O3. The van der Waals surface area contributed by atoms with Gasteiger partial charge in [0.05, 0.1) is 6.61 Å². The molecule has 2 N–H and O–H groups in total. The second-order valence-corrected chi connectivity index (χ2v) is 5.94. The molecule has 1 aliphatic heterocycles. The molecule has 7 heteroatoms. The minimum absolute atomic E-state index is 0.0738. The summed E-state index contributed by atoms with van der Waals surface area (Å²) < 4.78 is 34.4. The molecule has 1 amide bonds. The lowest BCUT2D eigenvalue weighted by Crippen LogP contribution is -2.30. The van der Waals surface area contributed by atoms with Crippen molar-refractivity contribution in [3.8, 4) is 17.0 Å². The molecule has 1 aromatic heterocycles. The van der Waals surface area contributed by atoms with Gasteiger partial charge < -0.3 is 15.2 Å². The van der Waals surface area contributed by atoms with E-state index in [2.05, 4.69) is 9.72 Å². The molecule has 2 heterocycles. The molecule has 0 saturated carbocycles. The number of rotatable bonds is 5. The van der Waals surface area contributed by atoms with E-state index in [4.69, 9.17) is 10.5 Å². The minimum atomic E-state index is -2.85. The molecule has 0 fully saturated rings. The number of fused-ring (bicyclic) bond motifs is 1. The molecule has 0 radical (unpaired) electrons. The molecule has 1 aliphatic rings. The van der Waals surface area contributed by atoms with Gasteiger partial charge in [-0.3, -0.25) is 4.79 Å². The first-order chi connectivity index (χ1) is 11.9. The highest BCUT2D eigenvalue weighted by molar-refractivity contribution is 5.93. The third-order valence-electron chi connectivity index (χ3n) is 4.10. The number of alkyl halides is 2. The van der Waals surface area contributed by atoms with Crippen LogP contribution in [0, 0.1) is 6.92 Å². The first kappa shape index (κ1) is 17.3. The molecule has 3 rings (SSSR count). The van der Waals surface area contributed by atoms with Crippen LogP contribution in [0.25, 0.3) is 11.1 Å². The predicted molar refractivity (Wildman–Crippen MR) is 87.6 cm³/mol. The zero-order valence-corrected chi connectivity index (χ0v) is 13.7. The number of aryl methyl sites for hydroxylation is 1. The summed E-state index contributed by atoms with van der Waals surface area (Å²) in [4.78, 5) is 15.8. The lowest BCUT2D eigenvalue weighted by atomic mass is 9.94. The molecule has 1 aromatic carbocycles. The van der Waals surface area contributed by atoms with E-state index in [0.717, 1.165) is 22.3 Å². The van der Waals surface area contributed by atoms with Gasteiger partial charge in [0.1, 0.15) is 11.8 Å². The van der Waals surface area contributed by atoms with Gasteiger partial charge in [-0.25, -0.2) is 4.98 Å². The number of nitrogens with two attached hydrogens (primary N) is 1. The normalized spacial score (nSPS) is 16.4. The Hall–Kier alpha value is -2.54. The highest BCUT2D eigenvalue weighted by Gasteiger charge is 2.26. The Morgan fingerprint density at radius 1 is 1.40 bits per heavy atom. The van der Waals surface area contributed by atoms with Gasteiger partial charge in [-0.05, 0) is 37.0 Å². The van der Waals surface area contributed by atoms with E-state index in [9.17, 15) is 13.6 Å². The van der Waals surface area contributed by atoms with Crippen LogP contribution in [0.2, 0.25) is 0 Å². The molecule has 0 bridgehead atoms. The third-order valence-corrected chi connectivity index (χ3v) is 4.10. The first-order valence-electron chi connectivity index (χ1n) is 7.91. The van der Waals surface area contributed by atoms with Crippen molar-refractivity contribution in [1.82, 2.24) is 4.98 Å². The molecule has 5 nitrogen and oxygen atoms in total. The van der Waals surface area contributed by atoms with Crippen LogP contribution in [0.5, 0.6) is 5.88 Å². The van der Waals surface area contributed by atoms with Crippen molar-refractivity contribution in [2.45, 2.75) is 32.5 Å². The molecule has 2 aromatic rings. The number of carbonyl (C=O) groups excluding carboxylic acids is 1. The number of aromatic nitrogens is 1. The largest absolute Gasteiger partial charge is 0.472 e. The molecule has 1 atom stereocenters. The monoisotopic (exact) mass is 348 g/mol. The first-order valence-corrected chi connectivity index (χ1v) is 7.91. The maximum atomic E-state index is 12.2. The average Bonchev–Trinajstić information content (AvgIpc) is 2.59. The molecule has 0 aliphatic carbocycles. The lowest BCUT2D eigenvalue weighted by molar-refractivity contribution is -0.146. The molecule has 0 saturated heterocycles. The SMILES string of the molecule is Cc1ccc(-c2cc(C(N)=O)nc3c2CC[C@@H](COC(F)F)O3)cc1. The van der Waals surface area contributed by atoms with E-state index in [0.29, 0.717) is 12.8 Å². The van der Waals surface area contributed by atoms with Crippen molar-refractivity contribution in [1.29, 1.82) is 0 Å². The van der Waals surface area contributed by atoms with E-state index in [-0.39, 0.29) is 18.2 Å². The fraction of sp³-hybridized carbons (Fsp3) is 0.333. The Morgan fingerprint density at radius 2 is 2.12 bits per heavy atom. The van der Waals surface area contributed by atoms with Gasteiger partial charge in [0.25, 0.3) is 5.91 Å². The van der Waals surface area contributed by atoms with Gasteiger partial charge >= 0.3 is 6.61 Å². The van der Waals surface area contributed by atoms with Gasteiger partial charge in [-0.2, -0.15) is 8.78 Å². The summed E-state index contributed by atoms with van der Waals surface area (Å²) in [5, 5.41) is 0. The van der Waals surface area contributed by atoms with E-state index in [1.54, 1.807) is 6.07 Å². The number of carbonyl (C=O) groups is 1. The lowest BCUT2D eigenvalue weighted by Gasteiger charge is -2.27. The van der Waals surface area contributed by atoms with E-state index in [1.165, 1.54) is 0 Å². The van der Waals surface area contributed by atoms with Crippen LogP contribution in [0.4, 0.5) is 8.78 Å². The standard InChI is InChI=1S/C18H18F2N2O3/c1-10-2-4-11(5-3-10)14-8-15(16(21)23)22-17-13(14)7-6-12(25-17)9-24-18(19)20/h2-5,8,12,18H,6-7,9H2,1H3,(H2,21,23)/t12-/m0/s1. The van der Waals surface area contributed by atoms with Gasteiger partial charge in [0, 0.05) is 5.56 Å². The van der Waals surface area contributed by atoms with Crippen molar-refractivity contribution in [2.75, 3.05) is 6.61 Å². The van der Waals surface area contributed by atoms with Crippen LogP contribution in [0.1, 0.15) is 28.0 Å². The van der Waals surface area contributed by atoms with Crippen molar-refractivity contribution < 1.29 is 23.0 Å². The number of primary amides is 1. The van der Waals surface area contributed by atoms with Gasteiger partial charge in [0.15, 0.2) is 0 Å². The van der Waals surface area contributed by atoms with Gasteiger partial charge in [0.2, 0.25) is 5.88 Å². The quantitative estimate of drug-likeness (QED) is 0.901. The number of amides is 1. The zero-order valence-electron chi connectivity index (χ0n) is 13.7. The molecule has 25 heavy (non-hydrogen) atoms. The van der Waals surface area contributed by atoms with E-state index < -0.39 is 18.6 Å². The summed E-state index contributed by atoms with van der Waals surface area (Å²) in [5.74, 6) is -0.424. The third kappa shape index (κ3) is 3.93. The number of nitrogens with zero attached hydrogens (tertiary/aromatic N) is 1. The van der Waals surface area contributed by atoms with Gasteiger partial charge in [-0.1, -0.05) is 29.8 Å². The Morgan fingerprint density at radius 3 is 2.76 bits per heavy atom.